The first-order chi connectivity index (χ1) is 11.3. The third kappa shape index (κ3) is 12.9. The summed E-state index contributed by atoms with van der Waals surface area (Å²) in [6.45, 7) is 4.24. The highest BCUT2D eigenvalue weighted by molar-refractivity contribution is 4.60. The number of hydrogen-bond donors (Lipinski definition) is 1. The van der Waals surface area contributed by atoms with Crippen LogP contribution in [-0.4, -0.2) is 25.8 Å². The summed E-state index contributed by atoms with van der Waals surface area (Å²) in [6, 6.07) is 0. The van der Waals surface area contributed by atoms with E-state index in [9.17, 15) is 5.21 Å². The molecule has 1 rings (SSSR count). The summed E-state index contributed by atoms with van der Waals surface area (Å²) in [6.07, 6.45) is 20.9. The molecule has 0 saturated carbocycles. The van der Waals surface area contributed by atoms with Crippen molar-refractivity contribution in [3.63, 3.8) is 0 Å². The van der Waals surface area contributed by atoms with Gasteiger partial charge < -0.3 is 15.0 Å². The van der Waals surface area contributed by atoms with E-state index in [0.29, 0.717) is 24.8 Å². The van der Waals surface area contributed by atoms with Crippen molar-refractivity contribution in [2.24, 2.45) is 0 Å². The molecule has 1 fully saturated rings. The molecule has 0 spiro atoms. The molecule has 2 atom stereocenters. The van der Waals surface area contributed by atoms with Gasteiger partial charge in [-0.2, -0.15) is 0 Å². The second-order valence-corrected chi connectivity index (χ2v) is 7.37. The van der Waals surface area contributed by atoms with Crippen molar-refractivity contribution in [1.29, 1.82) is 0 Å². The fraction of sp³-hybridized carbons (Fsp3) is 1.00. The first kappa shape index (κ1) is 20.9. The zero-order valence-electron chi connectivity index (χ0n) is 15.6. The first-order valence-electron chi connectivity index (χ1n) is 10.5. The van der Waals surface area contributed by atoms with Crippen molar-refractivity contribution in [3.05, 3.63) is 5.21 Å². The van der Waals surface area contributed by atoms with E-state index in [4.69, 9.17) is 4.74 Å². The maximum Gasteiger partial charge on any atom is 0.107 e. The van der Waals surface area contributed by atoms with Crippen LogP contribution in [0, 0.1) is 5.21 Å². The molecule has 1 N–H and O–H groups in total. The van der Waals surface area contributed by atoms with Crippen molar-refractivity contribution in [1.82, 2.24) is 0 Å². The smallest absolute Gasteiger partial charge is 0.107 e. The normalized spacial score (nSPS) is 21.7. The van der Waals surface area contributed by atoms with Crippen LogP contribution in [0.2, 0.25) is 0 Å². The Kier molecular flexibility index (Phi) is 14.0. The Morgan fingerprint density at radius 2 is 1.26 bits per heavy atom. The number of morpholine rings is 1. The van der Waals surface area contributed by atoms with Gasteiger partial charge in [-0.3, -0.25) is 0 Å². The minimum Gasteiger partial charge on any atom is -0.634 e. The van der Waals surface area contributed by atoms with Crippen LogP contribution in [0.3, 0.4) is 0 Å². The Morgan fingerprint density at radius 1 is 0.783 bits per heavy atom. The molecular weight excluding hydrogens is 286 g/mol. The Morgan fingerprint density at radius 3 is 1.74 bits per heavy atom. The molecule has 0 radical (unpaired) electrons. The van der Waals surface area contributed by atoms with Gasteiger partial charge in [0.2, 0.25) is 0 Å². The van der Waals surface area contributed by atoms with Gasteiger partial charge in [0.05, 0.1) is 6.61 Å². The SMILES string of the molecule is CCCCCCCCCCCCCCCCC1C[NH+]([O-])CCO1. The standard InChI is InChI=1S/C20H41NO2/c1-2-3-4-5-6-7-8-9-10-11-12-13-14-15-16-20-19-21(22)17-18-23-20/h20-21H,2-19H2,1H3. The van der Waals surface area contributed by atoms with Crippen molar-refractivity contribution in [2.75, 3.05) is 19.7 Å². The minimum atomic E-state index is 0.230. The van der Waals surface area contributed by atoms with Gasteiger partial charge in [0.25, 0.3) is 0 Å². The van der Waals surface area contributed by atoms with E-state index in [1.165, 1.54) is 89.9 Å². The zero-order chi connectivity index (χ0) is 16.6. The second-order valence-electron chi connectivity index (χ2n) is 7.37. The van der Waals surface area contributed by atoms with Gasteiger partial charge in [-0.1, -0.05) is 96.8 Å². The molecule has 3 nitrogen and oxygen atoms in total. The number of rotatable bonds is 15. The molecule has 1 aliphatic heterocycles. The zero-order valence-corrected chi connectivity index (χ0v) is 15.6. The maximum absolute atomic E-state index is 11.3. The molecule has 23 heavy (non-hydrogen) atoms. The summed E-state index contributed by atoms with van der Waals surface area (Å²) in [4.78, 5) is 0. The van der Waals surface area contributed by atoms with Gasteiger partial charge in [-0.25, -0.2) is 0 Å². The molecule has 0 aliphatic carbocycles. The molecule has 0 aromatic rings. The quantitative estimate of drug-likeness (QED) is 0.351. The minimum absolute atomic E-state index is 0.230. The van der Waals surface area contributed by atoms with E-state index in [1.807, 2.05) is 0 Å². The number of unbranched alkanes of at least 4 members (excludes halogenated alkanes) is 13. The van der Waals surface area contributed by atoms with E-state index in [0.717, 1.165) is 6.42 Å². The van der Waals surface area contributed by atoms with Crippen molar-refractivity contribution >= 4 is 0 Å². The van der Waals surface area contributed by atoms with Crippen LogP contribution >= 0.6 is 0 Å². The number of nitrogens with one attached hydrogen (secondary N) is 1. The largest absolute Gasteiger partial charge is 0.634 e. The van der Waals surface area contributed by atoms with Crippen LogP contribution in [-0.2, 0) is 4.74 Å². The molecule has 1 heterocycles. The average Bonchev–Trinajstić information content (AvgIpc) is 2.55. The number of ether oxygens (including phenoxy) is 1. The fourth-order valence-electron chi connectivity index (χ4n) is 3.51. The van der Waals surface area contributed by atoms with Crippen LogP contribution in [0.15, 0.2) is 0 Å². The summed E-state index contributed by atoms with van der Waals surface area (Å²) >= 11 is 0. The van der Waals surface area contributed by atoms with E-state index < -0.39 is 0 Å². The van der Waals surface area contributed by atoms with Crippen LogP contribution in [0.1, 0.15) is 103 Å². The Hall–Kier alpha value is -0.120. The number of hydrogen-bond acceptors (Lipinski definition) is 2. The van der Waals surface area contributed by atoms with Gasteiger partial charge in [-0.15, -0.1) is 0 Å². The highest BCUT2D eigenvalue weighted by Gasteiger charge is 2.17. The molecule has 0 aromatic carbocycles. The maximum atomic E-state index is 11.3. The highest BCUT2D eigenvalue weighted by Crippen LogP contribution is 2.14. The van der Waals surface area contributed by atoms with Gasteiger partial charge in [0.15, 0.2) is 0 Å². The number of quaternary nitrogens is 1. The lowest BCUT2D eigenvalue weighted by Gasteiger charge is -2.32. The highest BCUT2D eigenvalue weighted by atomic mass is 16.5. The lowest BCUT2D eigenvalue weighted by atomic mass is 10.0. The molecule has 0 aromatic heterocycles. The number of hydroxylamine groups is 2. The predicted octanol–water partition coefficient (Wildman–Crippen LogP) is 4.64. The molecule has 3 heteroatoms. The molecule has 0 bridgehead atoms. The Balaban J connectivity index is 1.71. The summed E-state index contributed by atoms with van der Waals surface area (Å²) in [7, 11) is 0. The van der Waals surface area contributed by atoms with Gasteiger partial charge >= 0.3 is 0 Å². The molecule has 1 aliphatic rings. The third-order valence-electron chi connectivity index (χ3n) is 5.07. The van der Waals surface area contributed by atoms with Gasteiger partial charge in [0.1, 0.15) is 19.2 Å². The van der Waals surface area contributed by atoms with Crippen molar-refractivity contribution in [2.45, 2.75) is 109 Å². The molecule has 138 valence electrons. The average molecular weight is 328 g/mol. The fourth-order valence-corrected chi connectivity index (χ4v) is 3.51. The summed E-state index contributed by atoms with van der Waals surface area (Å²) in [5.74, 6) is 0. The van der Waals surface area contributed by atoms with Crippen molar-refractivity contribution in [3.8, 4) is 0 Å². The van der Waals surface area contributed by atoms with Crippen LogP contribution in [0.25, 0.3) is 0 Å². The van der Waals surface area contributed by atoms with Crippen LogP contribution in [0.4, 0.5) is 0 Å². The second kappa shape index (κ2) is 15.4. The van der Waals surface area contributed by atoms with Gasteiger partial charge in [0, 0.05) is 0 Å². The van der Waals surface area contributed by atoms with Crippen LogP contribution in [0.5, 0.6) is 0 Å². The van der Waals surface area contributed by atoms with E-state index >= 15 is 0 Å². The Bertz CT molecular complexity index is 248. The molecular formula is C20H41NO2. The molecule has 0 amide bonds. The lowest BCUT2D eigenvalue weighted by Crippen LogP contribution is -3.10. The van der Waals surface area contributed by atoms with Crippen molar-refractivity contribution < 1.29 is 9.80 Å². The summed E-state index contributed by atoms with van der Waals surface area (Å²) < 4.78 is 5.64. The Labute approximate surface area is 144 Å². The predicted molar refractivity (Wildman–Crippen MR) is 98.7 cm³/mol. The van der Waals surface area contributed by atoms with Gasteiger partial charge in [-0.05, 0) is 6.42 Å². The first-order valence-corrected chi connectivity index (χ1v) is 10.5. The topological polar surface area (TPSA) is 36.7 Å². The van der Waals surface area contributed by atoms with E-state index in [-0.39, 0.29) is 6.10 Å². The van der Waals surface area contributed by atoms with E-state index in [2.05, 4.69) is 6.92 Å². The van der Waals surface area contributed by atoms with Crippen LogP contribution < -0.4 is 5.06 Å². The summed E-state index contributed by atoms with van der Waals surface area (Å²) in [5, 5.41) is 11.7. The lowest BCUT2D eigenvalue weighted by molar-refractivity contribution is -0.861. The third-order valence-corrected chi connectivity index (χ3v) is 5.07. The monoisotopic (exact) mass is 327 g/mol. The summed E-state index contributed by atoms with van der Waals surface area (Å²) in [5.41, 5.74) is 0. The van der Waals surface area contributed by atoms with E-state index in [1.54, 1.807) is 0 Å². The molecule has 1 saturated heterocycles. The molecule has 2 unspecified atom stereocenters.